The van der Waals surface area contributed by atoms with Crippen LogP contribution in [0.5, 0.6) is 0 Å². The van der Waals surface area contributed by atoms with E-state index < -0.39 is 0 Å². The number of aryl methyl sites for hydroxylation is 2. The molecule has 0 N–H and O–H groups in total. The normalized spacial score (nSPS) is 12.5. The fourth-order valence-electron chi connectivity index (χ4n) is 8.15. The first-order valence-electron chi connectivity index (χ1n) is 23.6. The Balaban J connectivity index is 0.000000462. The molecular formula is C62H84. The summed E-state index contributed by atoms with van der Waals surface area (Å²) in [6.45, 7) is 38.9. The molecule has 0 radical (unpaired) electrons. The molecule has 6 aromatic rings. The van der Waals surface area contributed by atoms with E-state index >= 15 is 0 Å². The Labute approximate surface area is 382 Å². The first kappa shape index (κ1) is 53.2. The van der Waals surface area contributed by atoms with Gasteiger partial charge in [0, 0.05) is 10.8 Å². The van der Waals surface area contributed by atoms with Gasteiger partial charge in [-0.15, -0.1) is 0 Å². The predicted octanol–water partition coefficient (Wildman–Crippen LogP) is 19.9. The van der Waals surface area contributed by atoms with Crippen molar-refractivity contribution >= 4 is 5.57 Å². The Hall–Kier alpha value is -4.94. The van der Waals surface area contributed by atoms with E-state index in [-0.39, 0.29) is 18.3 Å². The van der Waals surface area contributed by atoms with E-state index in [1.165, 1.54) is 108 Å². The van der Waals surface area contributed by atoms with Crippen LogP contribution in [-0.2, 0) is 10.8 Å². The minimum absolute atomic E-state index is 0. The third kappa shape index (κ3) is 11.9. The number of fused-ring (bicyclic) bond motifs is 6. The molecule has 2 aliphatic rings. The molecule has 2 aliphatic carbocycles. The summed E-state index contributed by atoms with van der Waals surface area (Å²) in [6, 6.07) is 47.2. The maximum absolute atomic E-state index is 4.10. The van der Waals surface area contributed by atoms with Crippen molar-refractivity contribution in [3.8, 4) is 44.5 Å². The van der Waals surface area contributed by atoms with Crippen LogP contribution in [0.15, 0.2) is 134 Å². The lowest BCUT2D eigenvalue weighted by molar-refractivity contribution is 0.599. The molecule has 0 bridgehead atoms. The van der Waals surface area contributed by atoms with Crippen LogP contribution in [0.2, 0.25) is 0 Å². The first-order chi connectivity index (χ1) is 29.3. The van der Waals surface area contributed by atoms with Crippen molar-refractivity contribution in [3.05, 3.63) is 173 Å². The molecule has 0 spiro atoms. The molecule has 0 nitrogen and oxygen atoms in total. The van der Waals surface area contributed by atoms with E-state index in [1.54, 1.807) is 0 Å². The third-order valence-electron chi connectivity index (χ3n) is 12.1. The second kappa shape index (κ2) is 24.6. The fraction of sp³-hybridized carbons (Fsp3) is 0.387. The van der Waals surface area contributed by atoms with Crippen molar-refractivity contribution in [3.63, 3.8) is 0 Å². The third-order valence-corrected chi connectivity index (χ3v) is 12.1. The summed E-state index contributed by atoms with van der Waals surface area (Å²) in [7, 11) is 0. The van der Waals surface area contributed by atoms with Gasteiger partial charge in [-0.1, -0.05) is 227 Å². The molecule has 0 atom stereocenters. The Morgan fingerprint density at radius 2 is 0.855 bits per heavy atom. The van der Waals surface area contributed by atoms with Crippen molar-refractivity contribution < 1.29 is 0 Å². The maximum Gasteiger partial charge on any atom is 0.0159 e. The van der Waals surface area contributed by atoms with Gasteiger partial charge in [0.2, 0.25) is 0 Å². The number of benzene rings is 6. The molecular weight excluding hydrogens is 745 g/mol. The second-order valence-electron chi connectivity index (χ2n) is 17.3. The average Bonchev–Trinajstić information content (AvgIpc) is 3.66. The highest BCUT2D eigenvalue weighted by Crippen LogP contribution is 2.56. The van der Waals surface area contributed by atoms with E-state index in [9.17, 15) is 0 Å². The molecule has 0 heteroatoms. The second-order valence-corrected chi connectivity index (χ2v) is 17.3. The highest BCUT2D eigenvalue weighted by atomic mass is 14.4. The Bertz CT molecular complexity index is 2280. The summed E-state index contributed by atoms with van der Waals surface area (Å²) in [5.74, 6) is 0.764. The van der Waals surface area contributed by atoms with Gasteiger partial charge in [-0.3, -0.25) is 0 Å². The molecule has 0 fully saturated rings. The number of hydrogen-bond donors (Lipinski definition) is 0. The molecule has 0 saturated carbocycles. The maximum atomic E-state index is 4.10. The lowest BCUT2D eigenvalue weighted by Crippen LogP contribution is -2.17. The monoisotopic (exact) mass is 829 g/mol. The standard InChI is InChI=1S/C38H34.C13H18.C4H10.3C2H6.CH4/c1-23-12-13-26(18-24(23)2)28-15-17-30-32-22-35-31(21-36(32)38(5,6)34(30)20-28)29-16-14-27(19-33(29)37(35,3)4)25-10-8-7-9-11-25;1-11(2)9-10-12(3)13-7-5-4-6-8-13;1-3-4-2;3*1-2;/h7-22H,1-6H3;4-8,11H,3,9-10H2,1-2H3;3-4H2,1-2H3;3*1-2H3;1H4. The van der Waals surface area contributed by atoms with E-state index in [0.717, 1.165) is 12.3 Å². The van der Waals surface area contributed by atoms with Crippen LogP contribution < -0.4 is 0 Å². The van der Waals surface area contributed by atoms with E-state index in [0.29, 0.717) is 0 Å². The van der Waals surface area contributed by atoms with Crippen LogP contribution in [-0.4, -0.2) is 0 Å². The van der Waals surface area contributed by atoms with Crippen molar-refractivity contribution in [2.24, 2.45) is 5.92 Å². The summed E-state index contributed by atoms with van der Waals surface area (Å²) in [4.78, 5) is 0. The van der Waals surface area contributed by atoms with Gasteiger partial charge >= 0.3 is 0 Å². The molecule has 0 heterocycles. The van der Waals surface area contributed by atoms with Gasteiger partial charge in [0.25, 0.3) is 0 Å². The summed E-state index contributed by atoms with van der Waals surface area (Å²) < 4.78 is 0. The lowest BCUT2D eigenvalue weighted by atomic mass is 9.79. The molecule has 8 rings (SSSR count). The zero-order valence-electron chi connectivity index (χ0n) is 41.2. The summed E-state index contributed by atoms with van der Waals surface area (Å²) in [6.07, 6.45) is 4.98. The molecule has 0 saturated heterocycles. The van der Waals surface area contributed by atoms with Crippen LogP contribution in [0.3, 0.4) is 0 Å². The summed E-state index contributed by atoms with van der Waals surface area (Å²) in [5.41, 5.74) is 21.6. The van der Waals surface area contributed by atoms with E-state index in [2.05, 4.69) is 197 Å². The summed E-state index contributed by atoms with van der Waals surface area (Å²) >= 11 is 0. The van der Waals surface area contributed by atoms with E-state index in [1.807, 2.05) is 47.6 Å². The SMILES string of the molecule is C.C=C(CCC(C)C)c1ccccc1.CC.CC.CC.CCCC.Cc1ccc(-c2ccc3c(c2)C(C)(C)c2cc4c(cc2-3)C(C)(C)c2cc(-c3ccccc3)ccc2-4)cc1C. The molecule has 62 heavy (non-hydrogen) atoms. The van der Waals surface area contributed by atoms with Gasteiger partial charge in [-0.05, 0) is 146 Å². The quantitative estimate of drug-likeness (QED) is 0.150. The van der Waals surface area contributed by atoms with Gasteiger partial charge in [-0.2, -0.15) is 0 Å². The van der Waals surface area contributed by atoms with Gasteiger partial charge < -0.3 is 0 Å². The molecule has 0 unspecified atom stereocenters. The van der Waals surface area contributed by atoms with Crippen LogP contribution in [0.25, 0.3) is 50.1 Å². The van der Waals surface area contributed by atoms with Gasteiger partial charge in [0.15, 0.2) is 0 Å². The number of rotatable bonds is 7. The topological polar surface area (TPSA) is 0 Å². The van der Waals surface area contributed by atoms with Crippen molar-refractivity contribution in [2.45, 2.75) is 155 Å². The van der Waals surface area contributed by atoms with Crippen LogP contribution in [0.4, 0.5) is 0 Å². The first-order valence-corrected chi connectivity index (χ1v) is 23.6. The number of hydrogen-bond acceptors (Lipinski definition) is 0. The molecule has 332 valence electrons. The molecule has 0 amide bonds. The van der Waals surface area contributed by atoms with Crippen LogP contribution >= 0.6 is 0 Å². The molecule has 0 aromatic heterocycles. The fourth-order valence-corrected chi connectivity index (χ4v) is 8.15. The minimum Gasteiger partial charge on any atom is -0.0952 e. The van der Waals surface area contributed by atoms with Crippen LogP contribution in [0.1, 0.15) is 169 Å². The zero-order valence-corrected chi connectivity index (χ0v) is 41.2. The smallest absolute Gasteiger partial charge is 0.0159 e. The molecule has 6 aromatic carbocycles. The van der Waals surface area contributed by atoms with Gasteiger partial charge in [0.05, 0.1) is 0 Å². The van der Waals surface area contributed by atoms with Gasteiger partial charge in [-0.25, -0.2) is 0 Å². The van der Waals surface area contributed by atoms with E-state index in [4.69, 9.17) is 0 Å². The largest absolute Gasteiger partial charge is 0.0952 e. The Morgan fingerprint density at radius 3 is 1.27 bits per heavy atom. The lowest BCUT2D eigenvalue weighted by Gasteiger charge is -2.24. The Morgan fingerprint density at radius 1 is 0.468 bits per heavy atom. The van der Waals surface area contributed by atoms with Crippen molar-refractivity contribution in [1.82, 2.24) is 0 Å². The summed E-state index contributed by atoms with van der Waals surface area (Å²) in [5, 5.41) is 0. The molecule has 0 aliphatic heterocycles. The van der Waals surface area contributed by atoms with Crippen LogP contribution in [0, 0.1) is 19.8 Å². The number of unbranched alkanes of at least 4 members (excludes halogenated alkanes) is 1. The van der Waals surface area contributed by atoms with Gasteiger partial charge in [0.1, 0.15) is 0 Å². The highest BCUT2D eigenvalue weighted by molar-refractivity contribution is 5.91. The average molecular weight is 829 g/mol. The predicted molar refractivity (Wildman–Crippen MR) is 283 cm³/mol. The number of allylic oxidation sites excluding steroid dienone is 1. The highest BCUT2D eigenvalue weighted by Gasteiger charge is 2.41. The van der Waals surface area contributed by atoms with Crippen molar-refractivity contribution in [2.75, 3.05) is 0 Å². The van der Waals surface area contributed by atoms with Crippen molar-refractivity contribution in [1.29, 1.82) is 0 Å². The minimum atomic E-state index is -0.0493. The zero-order chi connectivity index (χ0) is 45.5. The Kier molecular flexibility index (Phi) is 21.1.